The van der Waals surface area contributed by atoms with Gasteiger partial charge in [-0.1, -0.05) is 30.3 Å². The van der Waals surface area contributed by atoms with Gasteiger partial charge in [0.2, 0.25) is 5.91 Å². The maximum Gasteiger partial charge on any atom is 0.246 e. The summed E-state index contributed by atoms with van der Waals surface area (Å²) in [6.45, 7) is 0.180. The fourth-order valence-electron chi connectivity index (χ4n) is 1.87. The lowest BCUT2D eigenvalue weighted by molar-refractivity contribution is -0.125. The third-order valence-electron chi connectivity index (χ3n) is 3.01. The number of halogens is 2. The number of amides is 1. The van der Waals surface area contributed by atoms with Crippen LogP contribution in [0.15, 0.2) is 54.6 Å². The number of likely N-dealkylation sites (N-methyl/N-ethyl adjacent to an activating group) is 1. The van der Waals surface area contributed by atoms with Gasteiger partial charge in [0.05, 0.1) is 0 Å². The smallest absolute Gasteiger partial charge is 0.246 e. The molecule has 0 heterocycles. The minimum atomic E-state index is -0.357. The van der Waals surface area contributed by atoms with Crippen LogP contribution in [0.3, 0.4) is 0 Å². The van der Waals surface area contributed by atoms with Crippen molar-refractivity contribution in [2.75, 3.05) is 7.05 Å². The molecule has 1 amide bonds. The van der Waals surface area contributed by atoms with Crippen LogP contribution in [0, 0.1) is 11.6 Å². The number of carbonyl (C=O) groups is 1. The van der Waals surface area contributed by atoms with Crippen LogP contribution in [0.25, 0.3) is 6.08 Å². The van der Waals surface area contributed by atoms with Crippen molar-refractivity contribution in [1.29, 1.82) is 0 Å². The molecule has 0 atom stereocenters. The number of hydrogen-bond acceptors (Lipinski definition) is 1. The van der Waals surface area contributed by atoms with E-state index in [9.17, 15) is 13.6 Å². The van der Waals surface area contributed by atoms with Crippen LogP contribution in [-0.2, 0) is 11.3 Å². The molecule has 0 radical (unpaired) electrons. The van der Waals surface area contributed by atoms with Gasteiger partial charge in [-0.3, -0.25) is 4.79 Å². The average molecular weight is 287 g/mol. The first-order valence-corrected chi connectivity index (χ1v) is 6.48. The highest BCUT2D eigenvalue weighted by Crippen LogP contribution is 2.10. The Morgan fingerprint density at radius 3 is 2.62 bits per heavy atom. The van der Waals surface area contributed by atoms with Gasteiger partial charge in [-0.2, -0.15) is 0 Å². The summed E-state index contributed by atoms with van der Waals surface area (Å²) in [5, 5.41) is 0. The fraction of sp³-hybridized carbons (Fsp3) is 0.118. The van der Waals surface area contributed by atoms with Crippen molar-refractivity contribution in [3.05, 3.63) is 77.4 Å². The topological polar surface area (TPSA) is 20.3 Å². The summed E-state index contributed by atoms with van der Waals surface area (Å²) in [4.78, 5) is 13.3. The third-order valence-corrected chi connectivity index (χ3v) is 3.01. The quantitative estimate of drug-likeness (QED) is 0.786. The molecule has 2 nitrogen and oxygen atoms in total. The van der Waals surface area contributed by atoms with Gasteiger partial charge < -0.3 is 4.90 Å². The molecule has 0 aromatic heterocycles. The number of nitrogens with zero attached hydrogens (tertiary/aromatic N) is 1. The van der Waals surface area contributed by atoms with Gasteiger partial charge in [-0.15, -0.1) is 0 Å². The second-order valence-electron chi connectivity index (χ2n) is 4.67. The van der Waals surface area contributed by atoms with Crippen molar-refractivity contribution in [2.24, 2.45) is 0 Å². The van der Waals surface area contributed by atoms with E-state index < -0.39 is 0 Å². The Labute approximate surface area is 122 Å². The highest BCUT2D eigenvalue weighted by molar-refractivity contribution is 5.91. The monoisotopic (exact) mass is 287 g/mol. The van der Waals surface area contributed by atoms with E-state index in [0.29, 0.717) is 11.1 Å². The molecule has 108 valence electrons. The predicted octanol–water partition coefficient (Wildman–Crippen LogP) is 3.64. The average Bonchev–Trinajstić information content (AvgIpc) is 2.47. The molecule has 0 N–H and O–H groups in total. The summed E-state index contributed by atoms with van der Waals surface area (Å²) >= 11 is 0. The van der Waals surface area contributed by atoms with Crippen LogP contribution in [0.2, 0.25) is 0 Å². The van der Waals surface area contributed by atoms with E-state index in [4.69, 9.17) is 0 Å². The Kier molecular flexibility index (Phi) is 4.82. The minimum Gasteiger partial charge on any atom is -0.338 e. The molecule has 0 saturated heterocycles. The van der Waals surface area contributed by atoms with E-state index in [1.807, 2.05) is 0 Å². The SMILES string of the molecule is CN(Cc1ccccc1F)C(=O)C=Cc1cccc(F)c1. The molecule has 0 aliphatic rings. The number of carbonyl (C=O) groups excluding carboxylic acids is 1. The molecule has 21 heavy (non-hydrogen) atoms. The molecule has 0 unspecified atom stereocenters. The van der Waals surface area contributed by atoms with E-state index in [1.165, 1.54) is 35.3 Å². The van der Waals surface area contributed by atoms with Crippen LogP contribution in [0.5, 0.6) is 0 Å². The van der Waals surface area contributed by atoms with Gasteiger partial charge in [0.25, 0.3) is 0 Å². The standard InChI is InChI=1S/C17H15F2NO/c1-20(12-14-6-2-3-8-16(14)19)17(21)10-9-13-5-4-7-15(18)11-13/h2-11H,12H2,1H3. The molecular weight excluding hydrogens is 272 g/mol. The second-order valence-corrected chi connectivity index (χ2v) is 4.67. The highest BCUT2D eigenvalue weighted by atomic mass is 19.1. The zero-order chi connectivity index (χ0) is 15.2. The fourth-order valence-corrected chi connectivity index (χ4v) is 1.87. The Balaban J connectivity index is 2.01. The molecule has 2 aromatic carbocycles. The van der Waals surface area contributed by atoms with Gasteiger partial charge in [-0.05, 0) is 29.8 Å². The lowest BCUT2D eigenvalue weighted by Crippen LogP contribution is -2.24. The largest absolute Gasteiger partial charge is 0.338 e. The van der Waals surface area contributed by atoms with E-state index in [0.717, 1.165) is 0 Å². The molecule has 0 fully saturated rings. The minimum absolute atomic E-state index is 0.180. The van der Waals surface area contributed by atoms with Crippen molar-refractivity contribution in [2.45, 2.75) is 6.54 Å². The summed E-state index contributed by atoms with van der Waals surface area (Å²) in [6, 6.07) is 12.3. The molecule has 4 heteroatoms. The second kappa shape index (κ2) is 6.79. The number of hydrogen-bond donors (Lipinski definition) is 0. The van der Waals surface area contributed by atoms with Gasteiger partial charge >= 0.3 is 0 Å². The number of benzene rings is 2. The number of rotatable bonds is 4. The van der Waals surface area contributed by atoms with Crippen molar-refractivity contribution < 1.29 is 13.6 Å². The van der Waals surface area contributed by atoms with E-state index in [-0.39, 0.29) is 24.1 Å². The van der Waals surface area contributed by atoms with E-state index in [1.54, 1.807) is 37.4 Å². The molecule has 0 aliphatic carbocycles. The van der Waals surface area contributed by atoms with Crippen molar-refractivity contribution >= 4 is 12.0 Å². The van der Waals surface area contributed by atoms with Crippen LogP contribution < -0.4 is 0 Å². The van der Waals surface area contributed by atoms with Crippen LogP contribution in [0.4, 0.5) is 8.78 Å². The molecule has 0 saturated carbocycles. The molecule has 0 bridgehead atoms. The summed E-state index contributed by atoms with van der Waals surface area (Å²) < 4.78 is 26.5. The normalized spacial score (nSPS) is 10.8. The lowest BCUT2D eigenvalue weighted by atomic mass is 10.2. The first-order chi connectivity index (χ1) is 10.1. The maximum absolute atomic E-state index is 13.5. The van der Waals surface area contributed by atoms with Gasteiger partial charge in [0, 0.05) is 25.2 Å². The first kappa shape index (κ1) is 14.9. The van der Waals surface area contributed by atoms with Gasteiger partial charge in [-0.25, -0.2) is 8.78 Å². The lowest BCUT2D eigenvalue weighted by Gasteiger charge is -2.15. The van der Waals surface area contributed by atoms with Crippen molar-refractivity contribution in [3.63, 3.8) is 0 Å². The van der Waals surface area contributed by atoms with Crippen LogP contribution >= 0.6 is 0 Å². The zero-order valence-electron chi connectivity index (χ0n) is 11.6. The maximum atomic E-state index is 13.5. The Morgan fingerprint density at radius 1 is 1.14 bits per heavy atom. The third kappa shape index (κ3) is 4.24. The highest BCUT2D eigenvalue weighted by Gasteiger charge is 2.08. The van der Waals surface area contributed by atoms with E-state index >= 15 is 0 Å². The van der Waals surface area contributed by atoms with Gasteiger partial charge in [0.1, 0.15) is 11.6 Å². The zero-order valence-corrected chi connectivity index (χ0v) is 11.6. The molecule has 2 rings (SSSR count). The van der Waals surface area contributed by atoms with E-state index in [2.05, 4.69) is 0 Å². The summed E-state index contributed by atoms with van der Waals surface area (Å²) in [6.07, 6.45) is 2.87. The summed E-state index contributed by atoms with van der Waals surface area (Å²) in [7, 11) is 1.59. The molecule has 0 aliphatic heterocycles. The Bertz CT molecular complexity index is 667. The summed E-state index contributed by atoms with van der Waals surface area (Å²) in [5.41, 5.74) is 1.05. The van der Waals surface area contributed by atoms with Crippen molar-refractivity contribution in [1.82, 2.24) is 4.90 Å². The summed E-state index contributed by atoms with van der Waals surface area (Å²) in [5.74, 6) is -0.974. The molecular formula is C17H15F2NO. The first-order valence-electron chi connectivity index (χ1n) is 6.48. The van der Waals surface area contributed by atoms with Crippen molar-refractivity contribution in [3.8, 4) is 0 Å². The van der Waals surface area contributed by atoms with Crippen LogP contribution in [0.1, 0.15) is 11.1 Å². The molecule has 0 spiro atoms. The van der Waals surface area contributed by atoms with Gasteiger partial charge in [0.15, 0.2) is 0 Å². The Morgan fingerprint density at radius 2 is 1.90 bits per heavy atom. The Hall–Kier alpha value is -2.49. The molecule has 2 aromatic rings. The predicted molar refractivity (Wildman–Crippen MR) is 78.3 cm³/mol. The van der Waals surface area contributed by atoms with Crippen LogP contribution in [-0.4, -0.2) is 17.9 Å².